The maximum Gasteiger partial charge on any atom is -0.0193 e. The molecular formula is C14H20. The highest BCUT2D eigenvalue weighted by molar-refractivity contribution is 5.69. The van der Waals surface area contributed by atoms with Crippen LogP contribution in [0.1, 0.15) is 38.8 Å². The summed E-state index contributed by atoms with van der Waals surface area (Å²) in [5.41, 5.74) is 4.34. The number of hydrogen-bond acceptors (Lipinski definition) is 0. The quantitative estimate of drug-likeness (QED) is 0.663. The molecule has 0 fully saturated rings. The summed E-state index contributed by atoms with van der Waals surface area (Å²) in [6.07, 6.45) is 3.35. The van der Waals surface area contributed by atoms with Gasteiger partial charge in [0.1, 0.15) is 0 Å². The van der Waals surface area contributed by atoms with Gasteiger partial charge in [0.15, 0.2) is 0 Å². The molecule has 0 bridgehead atoms. The first-order valence-corrected chi connectivity index (χ1v) is 5.45. The number of hydrogen-bond donors (Lipinski definition) is 0. The lowest BCUT2D eigenvalue weighted by Gasteiger charge is -2.14. The third kappa shape index (κ3) is 2.25. The molecule has 0 aromatic heterocycles. The van der Waals surface area contributed by atoms with Gasteiger partial charge in [0.05, 0.1) is 0 Å². The topological polar surface area (TPSA) is 0 Å². The molecule has 0 aliphatic rings. The van der Waals surface area contributed by atoms with E-state index in [1.165, 1.54) is 16.7 Å². The molecule has 0 aliphatic heterocycles. The molecule has 1 aromatic rings. The van der Waals surface area contributed by atoms with E-state index in [1.54, 1.807) is 0 Å². The predicted molar refractivity (Wildman–Crippen MR) is 64.3 cm³/mol. The minimum Gasteiger partial charge on any atom is -0.0836 e. The number of rotatable bonds is 3. The highest BCUT2D eigenvalue weighted by Gasteiger charge is 2.08. The van der Waals surface area contributed by atoms with Gasteiger partial charge in [-0.3, -0.25) is 0 Å². The monoisotopic (exact) mass is 188 g/mol. The zero-order valence-corrected chi connectivity index (χ0v) is 9.67. The van der Waals surface area contributed by atoms with Crippen molar-refractivity contribution < 1.29 is 0 Å². The maximum absolute atomic E-state index is 2.25. The normalized spacial score (nSPS) is 12.2. The van der Waals surface area contributed by atoms with Crippen LogP contribution in [0.2, 0.25) is 0 Å². The Kier molecular flexibility index (Phi) is 3.94. The molecule has 1 rings (SSSR count). The summed E-state index contributed by atoms with van der Waals surface area (Å²) in [7, 11) is 0. The number of allylic oxidation sites excluding steroid dienone is 2. The SMILES string of the molecule is C/C=C(/c1ccccc1CC)C(C)C. The van der Waals surface area contributed by atoms with Gasteiger partial charge in [-0.1, -0.05) is 51.1 Å². The third-order valence-electron chi connectivity index (χ3n) is 2.64. The molecule has 0 saturated carbocycles. The molecule has 0 amide bonds. The van der Waals surface area contributed by atoms with E-state index in [9.17, 15) is 0 Å². The fourth-order valence-corrected chi connectivity index (χ4v) is 1.91. The van der Waals surface area contributed by atoms with Crippen molar-refractivity contribution in [2.75, 3.05) is 0 Å². The van der Waals surface area contributed by atoms with Gasteiger partial charge in [-0.05, 0) is 36.0 Å². The van der Waals surface area contributed by atoms with Crippen LogP contribution in [0.3, 0.4) is 0 Å². The summed E-state index contributed by atoms with van der Waals surface area (Å²) >= 11 is 0. The summed E-state index contributed by atoms with van der Waals surface area (Å²) in [5, 5.41) is 0. The van der Waals surface area contributed by atoms with E-state index < -0.39 is 0 Å². The molecule has 0 spiro atoms. The Hall–Kier alpha value is -1.04. The second-order valence-electron chi connectivity index (χ2n) is 3.91. The first-order chi connectivity index (χ1) is 6.70. The molecule has 0 radical (unpaired) electrons. The average Bonchev–Trinajstić information content (AvgIpc) is 2.19. The van der Waals surface area contributed by atoms with Gasteiger partial charge >= 0.3 is 0 Å². The zero-order valence-electron chi connectivity index (χ0n) is 9.67. The maximum atomic E-state index is 2.25. The first-order valence-electron chi connectivity index (χ1n) is 5.45. The summed E-state index contributed by atoms with van der Waals surface area (Å²) in [4.78, 5) is 0. The van der Waals surface area contributed by atoms with Gasteiger partial charge in [-0.2, -0.15) is 0 Å². The van der Waals surface area contributed by atoms with Crippen molar-refractivity contribution in [3.8, 4) is 0 Å². The molecule has 0 heteroatoms. The fourth-order valence-electron chi connectivity index (χ4n) is 1.91. The minimum absolute atomic E-state index is 0.604. The largest absolute Gasteiger partial charge is 0.0836 e. The van der Waals surface area contributed by atoms with Crippen LogP contribution in [0.5, 0.6) is 0 Å². The summed E-state index contributed by atoms with van der Waals surface area (Å²) < 4.78 is 0. The Bertz CT molecular complexity index is 319. The smallest absolute Gasteiger partial charge is 0.0193 e. The van der Waals surface area contributed by atoms with Gasteiger partial charge in [-0.25, -0.2) is 0 Å². The van der Waals surface area contributed by atoms with Crippen molar-refractivity contribution in [3.63, 3.8) is 0 Å². The van der Waals surface area contributed by atoms with Gasteiger partial charge in [0, 0.05) is 0 Å². The van der Waals surface area contributed by atoms with Crippen LogP contribution in [0.15, 0.2) is 30.3 Å². The second-order valence-corrected chi connectivity index (χ2v) is 3.91. The Balaban J connectivity index is 3.16. The molecule has 14 heavy (non-hydrogen) atoms. The van der Waals surface area contributed by atoms with E-state index in [2.05, 4.69) is 58.0 Å². The standard InChI is InChI=1S/C14H20/c1-5-12-9-7-8-10-14(12)13(6-2)11(3)4/h6-11H,5H2,1-4H3/b13-6+. The third-order valence-corrected chi connectivity index (χ3v) is 2.64. The molecule has 0 atom stereocenters. The van der Waals surface area contributed by atoms with Crippen LogP contribution >= 0.6 is 0 Å². The van der Waals surface area contributed by atoms with Crippen molar-refractivity contribution in [3.05, 3.63) is 41.5 Å². The second kappa shape index (κ2) is 4.99. The summed E-state index contributed by atoms with van der Waals surface area (Å²) in [6.45, 7) is 8.84. The molecule has 76 valence electrons. The minimum atomic E-state index is 0.604. The molecule has 0 heterocycles. The van der Waals surface area contributed by atoms with Gasteiger partial charge in [0.2, 0.25) is 0 Å². The Morgan fingerprint density at radius 3 is 2.43 bits per heavy atom. The highest BCUT2D eigenvalue weighted by Crippen LogP contribution is 2.26. The van der Waals surface area contributed by atoms with E-state index in [0.29, 0.717) is 5.92 Å². The predicted octanol–water partition coefficient (Wildman–Crippen LogP) is 4.31. The number of aryl methyl sites for hydroxylation is 1. The van der Waals surface area contributed by atoms with Crippen molar-refractivity contribution in [2.24, 2.45) is 5.92 Å². The van der Waals surface area contributed by atoms with Crippen LogP contribution in [-0.4, -0.2) is 0 Å². The van der Waals surface area contributed by atoms with Crippen molar-refractivity contribution in [2.45, 2.75) is 34.1 Å². The summed E-state index contributed by atoms with van der Waals surface area (Å²) in [5.74, 6) is 0.604. The Morgan fingerprint density at radius 1 is 1.29 bits per heavy atom. The van der Waals surface area contributed by atoms with E-state index >= 15 is 0 Å². The average molecular weight is 188 g/mol. The Labute approximate surface area is 87.7 Å². The van der Waals surface area contributed by atoms with Crippen molar-refractivity contribution in [1.82, 2.24) is 0 Å². The molecule has 0 unspecified atom stereocenters. The molecule has 0 saturated heterocycles. The van der Waals surface area contributed by atoms with E-state index in [4.69, 9.17) is 0 Å². The highest BCUT2D eigenvalue weighted by atomic mass is 14.1. The molecule has 0 aliphatic carbocycles. The van der Waals surface area contributed by atoms with E-state index in [0.717, 1.165) is 6.42 Å². The van der Waals surface area contributed by atoms with Crippen molar-refractivity contribution >= 4 is 5.57 Å². The van der Waals surface area contributed by atoms with Crippen LogP contribution < -0.4 is 0 Å². The zero-order chi connectivity index (χ0) is 10.6. The molecular weight excluding hydrogens is 168 g/mol. The lowest BCUT2D eigenvalue weighted by molar-refractivity contribution is 0.850. The van der Waals surface area contributed by atoms with E-state index in [1.807, 2.05) is 0 Å². The van der Waals surface area contributed by atoms with Crippen LogP contribution in [0, 0.1) is 5.92 Å². The van der Waals surface area contributed by atoms with Gasteiger partial charge in [0.25, 0.3) is 0 Å². The van der Waals surface area contributed by atoms with Gasteiger partial charge in [-0.15, -0.1) is 0 Å². The van der Waals surface area contributed by atoms with E-state index in [-0.39, 0.29) is 0 Å². The molecule has 0 N–H and O–H groups in total. The molecule has 0 nitrogen and oxygen atoms in total. The van der Waals surface area contributed by atoms with Crippen LogP contribution in [0.25, 0.3) is 5.57 Å². The van der Waals surface area contributed by atoms with Crippen molar-refractivity contribution in [1.29, 1.82) is 0 Å². The lowest BCUT2D eigenvalue weighted by Crippen LogP contribution is -1.97. The van der Waals surface area contributed by atoms with Crippen LogP contribution in [0.4, 0.5) is 0 Å². The first kappa shape index (κ1) is 11.0. The van der Waals surface area contributed by atoms with Crippen LogP contribution in [-0.2, 0) is 6.42 Å². The Morgan fingerprint density at radius 2 is 1.93 bits per heavy atom. The lowest BCUT2D eigenvalue weighted by atomic mass is 9.91. The number of benzene rings is 1. The molecule has 1 aromatic carbocycles. The fraction of sp³-hybridized carbons (Fsp3) is 0.429. The summed E-state index contributed by atoms with van der Waals surface area (Å²) in [6, 6.07) is 8.70. The van der Waals surface area contributed by atoms with Gasteiger partial charge < -0.3 is 0 Å².